The fourth-order valence-electron chi connectivity index (χ4n) is 3.38. The lowest BCUT2D eigenvalue weighted by Gasteiger charge is -2.17. The van der Waals surface area contributed by atoms with E-state index in [2.05, 4.69) is 41.2 Å². The molecule has 2 rings (SSSR count). The number of rotatable bonds is 12. The molecule has 0 N–H and O–H groups in total. The first-order valence-corrected chi connectivity index (χ1v) is 9.71. The van der Waals surface area contributed by atoms with Crippen LogP contribution in [0.4, 0.5) is 0 Å². The summed E-state index contributed by atoms with van der Waals surface area (Å²) < 4.78 is 0. The lowest BCUT2D eigenvalue weighted by molar-refractivity contribution is 0.545. The summed E-state index contributed by atoms with van der Waals surface area (Å²) in [7, 11) is 0. The zero-order valence-electron chi connectivity index (χ0n) is 15.2. The van der Waals surface area contributed by atoms with Crippen molar-refractivity contribution in [1.29, 1.82) is 0 Å². The van der Waals surface area contributed by atoms with Crippen molar-refractivity contribution in [3.05, 3.63) is 60.2 Å². The minimum absolute atomic E-state index is 0.473. The van der Waals surface area contributed by atoms with Crippen LogP contribution in [0.3, 0.4) is 0 Å². The second kappa shape index (κ2) is 11.8. The largest absolute Gasteiger partial charge is 0.265 e. The van der Waals surface area contributed by atoms with E-state index < -0.39 is 0 Å². The lowest BCUT2D eigenvalue weighted by atomic mass is 9.88. The molecule has 0 bridgehead atoms. The van der Waals surface area contributed by atoms with E-state index in [-0.39, 0.29) is 0 Å². The van der Waals surface area contributed by atoms with Gasteiger partial charge in [-0.15, -0.1) is 0 Å². The molecule has 0 saturated carbocycles. The minimum atomic E-state index is 0.473. The predicted octanol–water partition coefficient (Wildman–Crippen LogP) is 6.53. The van der Waals surface area contributed by atoms with Crippen LogP contribution in [-0.4, -0.2) is 9.97 Å². The second-order valence-corrected chi connectivity index (χ2v) is 6.73. The Balaban J connectivity index is 1.74. The third-order valence-electron chi connectivity index (χ3n) is 4.81. The average Bonchev–Trinajstić information content (AvgIpc) is 2.65. The quantitative estimate of drug-likeness (QED) is 0.415. The second-order valence-electron chi connectivity index (χ2n) is 6.73. The molecular formula is C22H32N2. The van der Waals surface area contributed by atoms with Crippen LogP contribution < -0.4 is 0 Å². The van der Waals surface area contributed by atoms with Crippen molar-refractivity contribution in [2.24, 2.45) is 0 Å². The molecule has 0 amide bonds. The molecule has 2 aromatic heterocycles. The van der Waals surface area contributed by atoms with Gasteiger partial charge in [0.15, 0.2) is 0 Å². The first kappa shape index (κ1) is 18.6. The van der Waals surface area contributed by atoms with Crippen LogP contribution in [0.15, 0.2) is 49.1 Å². The Bertz CT molecular complexity index is 485. The van der Waals surface area contributed by atoms with Crippen LogP contribution in [0.5, 0.6) is 0 Å². The first-order chi connectivity index (χ1) is 11.9. The monoisotopic (exact) mass is 324 g/mol. The van der Waals surface area contributed by atoms with Gasteiger partial charge in [0.2, 0.25) is 0 Å². The van der Waals surface area contributed by atoms with E-state index in [1.807, 2.05) is 24.8 Å². The summed E-state index contributed by atoms with van der Waals surface area (Å²) in [4.78, 5) is 8.32. The molecule has 0 fully saturated rings. The topological polar surface area (TPSA) is 25.8 Å². The van der Waals surface area contributed by atoms with Gasteiger partial charge in [0.1, 0.15) is 0 Å². The Morgan fingerprint density at radius 1 is 0.625 bits per heavy atom. The molecule has 0 aliphatic heterocycles. The predicted molar refractivity (Wildman–Crippen MR) is 102 cm³/mol. The number of unbranched alkanes of at least 4 members (excludes halogenated alkanes) is 8. The van der Waals surface area contributed by atoms with Gasteiger partial charge in [0, 0.05) is 30.7 Å². The third-order valence-corrected chi connectivity index (χ3v) is 4.81. The Morgan fingerprint density at radius 2 is 1.04 bits per heavy atom. The zero-order valence-corrected chi connectivity index (χ0v) is 15.2. The molecule has 0 atom stereocenters. The summed E-state index contributed by atoms with van der Waals surface area (Å²) in [5, 5.41) is 0. The van der Waals surface area contributed by atoms with Gasteiger partial charge in [0.05, 0.1) is 0 Å². The van der Waals surface area contributed by atoms with Crippen LogP contribution >= 0.6 is 0 Å². The zero-order chi connectivity index (χ0) is 16.9. The SMILES string of the molecule is CCCCCCCCCCCC(c1ccncc1)c1ccncc1. The Hall–Kier alpha value is -1.70. The molecule has 0 aliphatic carbocycles. The van der Waals surface area contributed by atoms with Crippen molar-refractivity contribution in [3.8, 4) is 0 Å². The van der Waals surface area contributed by atoms with Crippen LogP contribution in [0.25, 0.3) is 0 Å². The molecule has 2 heteroatoms. The number of hydrogen-bond acceptors (Lipinski definition) is 2. The van der Waals surface area contributed by atoms with Gasteiger partial charge in [0.25, 0.3) is 0 Å². The van der Waals surface area contributed by atoms with Gasteiger partial charge < -0.3 is 0 Å². The molecule has 0 aliphatic rings. The molecule has 0 spiro atoms. The van der Waals surface area contributed by atoms with E-state index >= 15 is 0 Å². The summed E-state index contributed by atoms with van der Waals surface area (Å²) in [6.07, 6.45) is 21.2. The summed E-state index contributed by atoms with van der Waals surface area (Å²) in [6.45, 7) is 2.28. The summed E-state index contributed by atoms with van der Waals surface area (Å²) in [5.74, 6) is 0.473. The van der Waals surface area contributed by atoms with E-state index in [1.165, 1.54) is 75.3 Å². The first-order valence-electron chi connectivity index (χ1n) is 9.71. The highest BCUT2D eigenvalue weighted by Gasteiger charge is 2.13. The average molecular weight is 325 g/mol. The van der Waals surface area contributed by atoms with Crippen molar-refractivity contribution in [2.45, 2.75) is 77.0 Å². The van der Waals surface area contributed by atoms with E-state index in [0.717, 1.165) is 0 Å². The minimum Gasteiger partial charge on any atom is -0.265 e. The summed E-state index contributed by atoms with van der Waals surface area (Å²) >= 11 is 0. The Labute approximate surface area is 147 Å². The van der Waals surface area contributed by atoms with Crippen LogP contribution in [0.2, 0.25) is 0 Å². The molecule has 0 saturated heterocycles. The van der Waals surface area contributed by atoms with Gasteiger partial charge in [-0.1, -0.05) is 64.7 Å². The third kappa shape index (κ3) is 6.82. The van der Waals surface area contributed by atoms with Crippen molar-refractivity contribution < 1.29 is 0 Å². The van der Waals surface area contributed by atoms with E-state index in [4.69, 9.17) is 0 Å². The number of hydrogen-bond donors (Lipinski definition) is 0. The lowest BCUT2D eigenvalue weighted by Crippen LogP contribution is -2.02. The van der Waals surface area contributed by atoms with Gasteiger partial charge >= 0.3 is 0 Å². The highest BCUT2D eigenvalue weighted by Crippen LogP contribution is 2.29. The highest BCUT2D eigenvalue weighted by molar-refractivity contribution is 5.29. The van der Waals surface area contributed by atoms with Crippen LogP contribution in [0, 0.1) is 0 Å². The van der Waals surface area contributed by atoms with Crippen molar-refractivity contribution in [1.82, 2.24) is 9.97 Å². The van der Waals surface area contributed by atoms with Crippen molar-refractivity contribution >= 4 is 0 Å². The highest BCUT2D eigenvalue weighted by atomic mass is 14.6. The number of pyridine rings is 2. The standard InChI is InChI=1S/C22H32N2/c1-2-3-4-5-6-7-8-9-10-11-22(20-12-16-23-17-13-20)21-14-18-24-19-15-21/h12-19,22H,2-11H2,1H3. The van der Waals surface area contributed by atoms with E-state index in [0.29, 0.717) is 5.92 Å². The molecule has 2 nitrogen and oxygen atoms in total. The maximum atomic E-state index is 4.16. The molecule has 0 unspecified atom stereocenters. The molecule has 24 heavy (non-hydrogen) atoms. The summed E-state index contributed by atoms with van der Waals surface area (Å²) in [5.41, 5.74) is 2.74. The fourth-order valence-corrected chi connectivity index (χ4v) is 3.38. The number of nitrogens with zero attached hydrogens (tertiary/aromatic N) is 2. The maximum Gasteiger partial charge on any atom is 0.0270 e. The van der Waals surface area contributed by atoms with Gasteiger partial charge in [-0.2, -0.15) is 0 Å². The molecule has 2 heterocycles. The molecule has 0 aromatic carbocycles. The van der Waals surface area contributed by atoms with Gasteiger partial charge in [-0.25, -0.2) is 0 Å². The van der Waals surface area contributed by atoms with Crippen molar-refractivity contribution in [2.75, 3.05) is 0 Å². The Kier molecular flexibility index (Phi) is 9.15. The molecule has 2 aromatic rings. The van der Waals surface area contributed by atoms with Crippen LogP contribution in [-0.2, 0) is 0 Å². The maximum absolute atomic E-state index is 4.16. The van der Waals surface area contributed by atoms with E-state index in [9.17, 15) is 0 Å². The van der Waals surface area contributed by atoms with Gasteiger partial charge in [-0.05, 0) is 41.8 Å². The molecule has 130 valence electrons. The molecular weight excluding hydrogens is 292 g/mol. The van der Waals surface area contributed by atoms with Gasteiger partial charge in [-0.3, -0.25) is 9.97 Å². The summed E-state index contributed by atoms with van der Waals surface area (Å²) in [6, 6.07) is 8.61. The van der Waals surface area contributed by atoms with Crippen molar-refractivity contribution in [3.63, 3.8) is 0 Å². The smallest absolute Gasteiger partial charge is 0.0270 e. The number of aromatic nitrogens is 2. The Morgan fingerprint density at radius 3 is 1.50 bits per heavy atom. The molecule has 0 radical (unpaired) electrons. The van der Waals surface area contributed by atoms with Crippen LogP contribution in [0.1, 0.15) is 88.2 Å². The normalized spacial score (nSPS) is 11.1. The van der Waals surface area contributed by atoms with E-state index in [1.54, 1.807) is 0 Å². The fraction of sp³-hybridized carbons (Fsp3) is 0.545.